The summed E-state index contributed by atoms with van der Waals surface area (Å²) in [5.74, 6) is 0. The van der Waals surface area contributed by atoms with Gasteiger partial charge in [0.05, 0.1) is 12.2 Å². The maximum Gasteiger partial charge on any atom is 0.150 e. The molecule has 2 N–H and O–H groups in total. The Morgan fingerprint density at radius 2 is 1.94 bits per heavy atom. The number of anilines is 1. The lowest BCUT2D eigenvalue weighted by atomic mass is 10.1. The number of β-amino-alcohol motifs (C(OH)–C–C–N with tert-alkyl or cyclic N) is 2. The van der Waals surface area contributed by atoms with Crippen LogP contribution in [0.2, 0.25) is 0 Å². The first-order chi connectivity index (χ1) is 7.61. The Morgan fingerprint density at radius 1 is 1.31 bits per heavy atom. The van der Waals surface area contributed by atoms with E-state index in [1.54, 1.807) is 6.07 Å². The average Bonchev–Trinajstić information content (AvgIpc) is 2.59. The smallest absolute Gasteiger partial charge is 0.150 e. The highest BCUT2D eigenvalue weighted by Crippen LogP contribution is 2.22. The lowest BCUT2D eigenvalue weighted by Crippen LogP contribution is -2.22. The van der Waals surface area contributed by atoms with Gasteiger partial charge >= 0.3 is 0 Å². The van der Waals surface area contributed by atoms with Crippen LogP contribution in [0.25, 0.3) is 0 Å². The van der Waals surface area contributed by atoms with Gasteiger partial charge in [0.25, 0.3) is 0 Å². The summed E-state index contributed by atoms with van der Waals surface area (Å²) in [6.45, 7) is 2.73. The van der Waals surface area contributed by atoms with Gasteiger partial charge in [0.2, 0.25) is 0 Å². The van der Waals surface area contributed by atoms with E-state index >= 15 is 0 Å². The van der Waals surface area contributed by atoms with Crippen LogP contribution in [0, 0.1) is 6.92 Å². The molecule has 1 fully saturated rings. The summed E-state index contributed by atoms with van der Waals surface area (Å²) in [4.78, 5) is 12.6. The minimum Gasteiger partial charge on any atom is -0.389 e. The van der Waals surface area contributed by atoms with Gasteiger partial charge in [-0.15, -0.1) is 0 Å². The molecule has 1 aliphatic rings. The van der Waals surface area contributed by atoms with E-state index in [-0.39, 0.29) is 0 Å². The Kier molecular flexibility index (Phi) is 2.94. The Labute approximate surface area is 94.1 Å². The number of nitrogens with zero attached hydrogens (tertiary/aromatic N) is 1. The van der Waals surface area contributed by atoms with Crippen LogP contribution in [0.15, 0.2) is 18.2 Å². The highest BCUT2D eigenvalue weighted by molar-refractivity contribution is 5.78. The van der Waals surface area contributed by atoms with E-state index in [4.69, 9.17) is 0 Å². The van der Waals surface area contributed by atoms with Crippen LogP contribution >= 0.6 is 0 Å². The van der Waals surface area contributed by atoms with Gasteiger partial charge in [0.15, 0.2) is 0 Å². The van der Waals surface area contributed by atoms with Gasteiger partial charge in [-0.05, 0) is 30.7 Å². The van der Waals surface area contributed by atoms with Crippen LogP contribution in [0.5, 0.6) is 0 Å². The van der Waals surface area contributed by atoms with Crippen LogP contribution in [0.3, 0.4) is 0 Å². The molecule has 0 aromatic heterocycles. The molecule has 0 spiro atoms. The normalized spacial score (nSPS) is 24.8. The number of benzene rings is 1. The van der Waals surface area contributed by atoms with Crippen LogP contribution in [0.4, 0.5) is 5.69 Å². The molecule has 0 saturated carbocycles. The number of aliphatic hydroxyl groups excluding tert-OH is 2. The number of carbonyl (C=O) groups excluding carboxylic acids is 1. The molecule has 0 aliphatic carbocycles. The fourth-order valence-electron chi connectivity index (χ4n) is 1.97. The fraction of sp³-hybridized carbons (Fsp3) is 0.417. The van der Waals surface area contributed by atoms with E-state index in [2.05, 4.69) is 0 Å². The summed E-state index contributed by atoms with van der Waals surface area (Å²) in [5, 5.41) is 18.9. The van der Waals surface area contributed by atoms with Crippen molar-refractivity contribution in [3.05, 3.63) is 29.3 Å². The highest BCUT2D eigenvalue weighted by atomic mass is 16.3. The molecule has 0 radical (unpaired) electrons. The fourth-order valence-corrected chi connectivity index (χ4v) is 1.97. The lowest BCUT2D eigenvalue weighted by Gasteiger charge is -2.18. The van der Waals surface area contributed by atoms with Crippen molar-refractivity contribution >= 4 is 12.0 Å². The summed E-state index contributed by atoms with van der Waals surface area (Å²) >= 11 is 0. The van der Waals surface area contributed by atoms with E-state index in [0.29, 0.717) is 18.7 Å². The SMILES string of the molecule is Cc1cc(N2CC(O)C(O)C2)ccc1C=O. The zero-order valence-corrected chi connectivity index (χ0v) is 9.13. The number of aldehydes is 1. The predicted octanol–water partition coefficient (Wildman–Crippen LogP) is 0.349. The summed E-state index contributed by atoms with van der Waals surface area (Å²) in [6.07, 6.45) is -0.551. The van der Waals surface area contributed by atoms with Crippen molar-refractivity contribution in [3.63, 3.8) is 0 Å². The molecular weight excluding hydrogens is 206 g/mol. The molecule has 0 amide bonds. The standard InChI is InChI=1S/C12H15NO3/c1-8-4-10(3-2-9(8)7-14)13-5-11(15)12(16)6-13/h2-4,7,11-12,15-16H,5-6H2,1H3. The molecular formula is C12H15NO3. The number of hydrogen-bond acceptors (Lipinski definition) is 4. The Hall–Kier alpha value is -1.39. The van der Waals surface area contributed by atoms with Crippen LogP contribution in [-0.2, 0) is 0 Å². The molecule has 1 aromatic rings. The first-order valence-electron chi connectivity index (χ1n) is 5.28. The van der Waals surface area contributed by atoms with Gasteiger partial charge in [-0.3, -0.25) is 4.79 Å². The summed E-state index contributed by atoms with van der Waals surface area (Å²) in [6, 6.07) is 5.49. The number of rotatable bonds is 2. The zero-order valence-electron chi connectivity index (χ0n) is 9.13. The molecule has 1 aliphatic heterocycles. The largest absolute Gasteiger partial charge is 0.389 e. The van der Waals surface area contributed by atoms with Crippen molar-refractivity contribution in [2.75, 3.05) is 18.0 Å². The molecule has 16 heavy (non-hydrogen) atoms. The third-order valence-corrected chi connectivity index (χ3v) is 3.00. The Bertz CT molecular complexity index is 395. The van der Waals surface area contributed by atoms with Crippen molar-refractivity contribution in [1.82, 2.24) is 0 Å². The van der Waals surface area contributed by atoms with E-state index in [0.717, 1.165) is 17.5 Å². The molecule has 1 aromatic carbocycles. The minimum atomic E-state index is -0.689. The van der Waals surface area contributed by atoms with Crippen LogP contribution in [0.1, 0.15) is 15.9 Å². The first kappa shape index (κ1) is 11.1. The molecule has 1 heterocycles. The van der Waals surface area contributed by atoms with Crippen molar-refractivity contribution in [2.24, 2.45) is 0 Å². The summed E-state index contributed by atoms with van der Waals surface area (Å²) in [7, 11) is 0. The zero-order chi connectivity index (χ0) is 11.7. The molecule has 1 saturated heterocycles. The second-order valence-electron chi connectivity index (χ2n) is 4.20. The first-order valence-corrected chi connectivity index (χ1v) is 5.28. The minimum absolute atomic E-state index is 0.432. The van der Waals surface area contributed by atoms with Gasteiger partial charge in [-0.2, -0.15) is 0 Å². The van der Waals surface area contributed by atoms with Crippen LogP contribution in [-0.4, -0.2) is 41.8 Å². The second kappa shape index (κ2) is 4.23. The molecule has 86 valence electrons. The Balaban J connectivity index is 2.22. The number of hydrogen-bond donors (Lipinski definition) is 2. The van der Waals surface area contributed by atoms with Gasteiger partial charge in [-0.1, -0.05) is 0 Å². The van der Waals surface area contributed by atoms with Gasteiger partial charge < -0.3 is 15.1 Å². The second-order valence-corrected chi connectivity index (χ2v) is 4.20. The third kappa shape index (κ3) is 1.94. The highest BCUT2D eigenvalue weighted by Gasteiger charge is 2.29. The monoisotopic (exact) mass is 221 g/mol. The summed E-state index contributed by atoms with van der Waals surface area (Å²) in [5.41, 5.74) is 2.51. The van der Waals surface area contributed by atoms with E-state index in [1.165, 1.54) is 0 Å². The number of aliphatic hydroxyl groups is 2. The predicted molar refractivity (Wildman–Crippen MR) is 60.8 cm³/mol. The molecule has 0 bridgehead atoms. The van der Waals surface area contributed by atoms with Gasteiger partial charge in [0, 0.05) is 24.3 Å². The van der Waals surface area contributed by atoms with Gasteiger partial charge in [0.1, 0.15) is 6.29 Å². The third-order valence-electron chi connectivity index (χ3n) is 3.00. The number of aryl methyl sites for hydroxylation is 1. The molecule has 4 nitrogen and oxygen atoms in total. The average molecular weight is 221 g/mol. The quantitative estimate of drug-likeness (QED) is 0.707. The van der Waals surface area contributed by atoms with Crippen molar-refractivity contribution in [1.29, 1.82) is 0 Å². The van der Waals surface area contributed by atoms with Crippen molar-refractivity contribution < 1.29 is 15.0 Å². The maximum absolute atomic E-state index is 10.7. The van der Waals surface area contributed by atoms with E-state index < -0.39 is 12.2 Å². The molecule has 2 atom stereocenters. The van der Waals surface area contributed by atoms with Gasteiger partial charge in [-0.25, -0.2) is 0 Å². The van der Waals surface area contributed by atoms with Crippen molar-refractivity contribution in [3.8, 4) is 0 Å². The molecule has 2 unspecified atom stereocenters. The molecule has 4 heteroatoms. The van der Waals surface area contributed by atoms with Crippen LogP contribution < -0.4 is 4.90 Å². The maximum atomic E-state index is 10.7. The Morgan fingerprint density at radius 3 is 2.44 bits per heavy atom. The van der Waals surface area contributed by atoms with Crippen molar-refractivity contribution in [2.45, 2.75) is 19.1 Å². The van der Waals surface area contributed by atoms with E-state index in [1.807, 2.05) is 24.0 Å². The molecule has 2 rings (SSSR count). The summed E-state index contributed by atoms with van der Waals surface area (Å²) < 4.78 is 0. The number of carbonyl (C=O) groups is 1. The topological polar surface area (TPSA) is 60.8 Å². The van der Waals surface area contributed by atoms with E-state index in [9.17, 15) is 15.0 Å². The lowest BCUT2D eigenvalue weighted by molar-refractivity contribution is 0.0572.